The number of aromatic nitrogens is 1. The summed E-state index contributed by atoms with van der Waals surface area (Å²) in [7, 11) is 0. The van der Waals surface area contributed by atoms with E-state index in [0.717, 1.165) is 0 Å². The zero-order valence-corrected chi connectivity index (χ0v) is 11.7. The number of hydrogen-bond acceptors (Lipinski definition) is 7. The molecule has 2 aliphatic heterocycles. The number of ether oxygens (including phenoxy) is 3. The second kappa shape index (κ2) is 5.07. The van der Waals surface area contributed by atoms with Crippen LogP contribution in [0.25, 0.3) is 11.0 Å². The van der Waals surface area contributed by atoms with Crippen molar-refractivity contribution in [3.8, 4) is 0 Å². The summed E-state index contributed by atoms with van der Waals surface area (Å²) in [4.78, 5) is 0. The van der Waals surface area contributed by atoms with Gasteiger partial charge < -0.3 is 29.2 Å². The van der Waals surface area contributed by atoms with Crippen LogP contribution in [-0.4, -0.2) is 29.2 Å². The Morgan fingerprint density at radius 2 is 2.04 bits per heavy atom. The SMILES string of the molecule is OC1(CNc2noc3c(F)c(F)c(C4OC=CO4)cc23)CCO1. The van der Waals surface area contributed by atoms with Gasteiger partial charge in [-0.1, -0.05) is 5.16 Å². The Kier molecular flexibility index (Phi) is 3.13. The first-order chi connectivity index (χ1) is 11.1. The molecule has 2 N–H and O–H groups in total. The van der Waals surface area contributed by atoms with E-state index in [1.165, 1.54) is 18.6 Å². The summed E-state index contributed by atoms with van der Waals surface area (Å²) in [6.07, 6.45) is 1.88. The predicted molar refractivity (Wildman–Crippen MR) is 72.0 cm³/mol. The van der Waals surface area contributed by atoms with Crippen LogP contribution in [0.2, 0.25) is 0 Å². The quantitative estimate of drug-likeness (QED) is 0.890. The van der Waals surface area contributed by atoms with Crippen molar-refractivity contribution in [2.24, 2.45) is 0 Å². The zero-order chi connectivity index (χ0) is 16.0. The Balaban J connectivity index is 1.69. The number of benzene rings is 1. The van der Waals surface area contributed by atoms with Gasteiger partial charge in [0, 0.05) is 6.42 Å². The molecule has 2 aliphatic rings. The molecule has 0 spiro atoms. The Morgan fingerprint density at radius 1 is 1.30 bits per heavy atom. The largest absolute Gasteiger partial charge is 0.455 e. The minimum Gasteiger partial charge on any atom is -0.455 e. The maximum atomic E-state index is 14.1. The van der Waals surface area contributed by atoms with Gasteiger partial charge in [-0.05, 0) is 6.07 Å². The highest BCUT2D eigenvalue weighted by molar-refractivity contribution is 5.89. The third kappa shape index (κ3) is 2.28. The Hall–Kier alpha value is -2.39. The maximum absolute atomic E-state index is 14.1. The number of anilines is 1. The van der Waals surface area contributed by atoms with Crippen molar-refractivity contribution in [3.63, 3.8) is 0 Å². The van der Waals surface area contributed by atoms with Crippen LogP contribution in [0.5, 0.6) is 0 Å². The third-order valence-corrected chi connectivity index (χ3v) is 3.78. The lowest BCUT2D eigenvalue weighted by Crippen LogP contribution is -2.49. The van der Waals surface area contributed by atoms with E-state index in [1.54, 1.807) is 0 Å². The topological polar surface area (TPSA) is 86.0 Å². The lowest BCUT2D eigenvalue weighted by Gasteiger charge is -2.36. The molecule has 1 unspecified atom stereocenters. The van der Waals surface area contributed by atoms with E-state index >= 15 is 0 Å². The fourth-order valence-electron chi connectivity index (χ4n) is 2.42. The summed E-state index contributed by atoms with van der Waals surface area (Å²) < 4.78 is 48.2. The molecular formula is C14H12F2N2O5. The second-order valence-electron chi connectivity index (χ2n) is 5.28. The van der Waals surface area contributed by atoms with Crippen LogP contribution in [-0.2, 0) is 14.2 Å². The van der Waals surface area contributed by atoms with Gasteiger partial charge in [0.15, 0.2) is 17.4 Å². The normalized spacial score (nSPS) is 23.6. The summed E-state index contributed by atoms with van der Waals surface area (Å²) >= 11 is 0. The average Bonchev–Trinajstić information content (AvgIpc) is 3.16. The summed E-state index contributed by atoms with van der Waals surface area (Å²) in [6, 6.07) is 1.33. The fraction of sp³-hybridized carbons (Fsp3) is 0.357. The van der Waals surface area contributed by atoms with Gasteiger partial charge in [-0.25, -0.2) is 4.39 Å². The molecule has 1 saturated heterocycles. The van der Waals surface area contributed by atoms with Crippen LogP contribution in [0.3, 0.4) is 0 Å². The van der Waals surface area contributed by atoms with Crippen molar-refractivity contribution >= 4 is 16.8 Å². The molecule has 3 heterocycles. The number of fused-ring (bicyclic) bond motifs is 1. The van der Waals surface area contributed by atoms with E-state index < -0.39 is 23.7 Å². The molecule has 0 amide bonds. The molecule has 0 aliphatic carbocycles. The van der Waals surface area contributed by atoms with Crippen molar-refractivity contribution < 1.29 is 32.6 Å². The first-order valence-corrected chi connectivity index (χ1v) is 6.91. The molecule has 2 aromatic rings. The number of halogens is 2. The molecule has 1 fully saturated rings. The number of rotatable bonds is 4. The minimum atomic E-state index is -1.28. The smallest absolute Gasteiger partial charge is 0.269 e. The molecule has 0 bridgehead atoms. The molecule has 0 saturated carbocycles. The second-order valence-corrected chi connectivity index (χ2v) is 5.28. The summed E-state index contributed by atoms with van der Waals surface area (Å²) in [5, 5.41) is 16.6. The van der Waals surface area contributed by atoms with Gasteiger partial charge >= 0.3 is 0 Å². The standard InChI is InChI=1S/C14H12F2N2O5/c15-9-7(13-20-3-4-21-13)5-8-11(10(9)16)23-18-12(8)17-6-14(19)1-2-22-14/h3-5,13,19H,1-2,6H2,(H,17,18). The fourth-order valence-corrected chi connectivity index (χ4v) is 2.42. The van der Waals surface area contributed by atoms with Crippen molar-refractivity contribution in [1.82, 2.24) is 5.16 Å². The highest BCUT2D eigenvalue weighted by Crippen LogP contribution is 2.35. The Bertz CT molecular complexity index is 779. The summed E-state index contributed by atoms with van der Waals surface area (Å²) in [6.45, 7) is 0.506. The third-order valence-electron chi connectivity index (χ3n) is 3.78. The van der Waals surface area contributed by atoms with Gasteiger partial charge in [0.25, 0.3) is 6.29 Å². The van der Waals surface area contributed by atoms with Gasteiger partial charge in [-0.15, -0.1) is 0 Å². The molecule has 0 radical (unpaired) electrons. The van der Waals surface area contributed by atoms with E-state index in [1.807, 2.05) is 0 Å². The molecule has 1 aromatic heterocycles. The molecule has 1 aromatic carbocycles. The molecule has 9 heteroatoms. The number of nitrogens with zero attached hydrogens (tertiary/aromatic N) is 1. The molecule has 7 nitrogen and oxygen atoms in total. The van der Waals surface area contributed by atoms with Gasteiger partial charge in [-0.3, -0.25) is 0 Å². The van der Waals surface area contributed by atoms with Gasteiger partial charge in [0.05, 0.1) is 24.1 Å². The summed E-state index contributed by atoms with van der Waals surface area (Å²) in [5.41, 5.74) is -0.453. The lowest BCUT2D eigenvalue weighted by molar-refractivity contribution is -0.271. The highest BCUT2D eigenvalue weighted by atomic mass is 19.2. The van der Waals surface area contributed by atoms with Gasteiger partial charge in [-0.2, -0.15) is 4.39 Å². The minimum absolute atomic E-state index is 0.0426. The molecule has 23 heavy (non-hydrogen) atoms. The number of aliphatic hydroxyl groups is 1. The molecule has 4 rings (SSSR count). The van der Waals surface area contributed by atoms with Crippen molar-refractivity contribution in [2.75, 3.05) is 18.5 Å². The van der Waals surface area contributed by atoms with E-state index in [-0.39, 0.29) is 28.9 Å². The Morgan fingerprint density at radius 3 is 2.70 bits per heavy atom. The van der Waals surface area contributed by atoms with Crippen LogP contribution in [0.15, 0.2) is 23.1 Å². The van der Waals surface area contributed by atoms with Crippen molar-refractivity contribution in [3.05, 3.63) is 35.8 Å². The van der Waals surface area contributed by atoms with E-state index in [4.69, 9.17) is 18.7 Å². The van der Waals surface area contributed by atoms with Crippen LogP contribution >= 0.6 is 0 Å². The highest BCUT2D eigenvalue weighted by Gasteiger charge is 2.36. The first kappa shape index (κ1) is 14.2. The monoisotopic (exact) mass is 326 g/mol. The van der Waals surface area contributed by atoms with Gasteiger partial charge in [0.1, 0.15) is 12.5 Å². The van der Waals surface area contributed by atoms with Crippen molar-refractivity contribution in [1.29, 1.82) is 0 Å². The molecule has 122 valence electrons. The number of hydrogen-bond donors (Lipinski definition) is 2. The molecular weight excluding hydrogens is 314 g/mol. The van der Waals surface area contributed by atoms with Crippen molar-refractivity contribution in [2.45, 2.75) is 18.5 Å². The Labute approximate surface area is 128 Å². The van der Waals surface area contributed by atoms with Gasteiger partial charge in [0.2, 0.25) is 11.4 Å². The average molecular weight is 326 g/mol. The van der Waals surface area contributed by atoms with Crippen LogP contribution in [0.4, 0.5) is 14.6 Å². The summed E-state index contributed by atoms with van der Waals surface area (Å²) in [5.74, 6) is -3.44. The van der Waals surface area contributed by atoms with E-state index in [2.05, 4.69) is 10.5 Å². The van der Waals surface area contributed by atoms with Crippen LogP contribution < -0.4 is 5.32 Å². The first-order valence-electron chi connectivity index (χ1n) is 6.91. The van der Waals surface area contributed by atoms with Crippen LogP contribution in [0, 0.1) is 11.6 Å². The number of nitrogens with one attached hydrogen (secondary N) is 1. The predicted octanol–water partition coefficient (Wildman–Crippen LogP) is 2.14. The van der Waals surface area contributed by atoms with E-state index in [9.17, 15) is 13.9 Å². The maximum Gasteiger partial charge on any atom is 0.269 e. The van der Waals surface area contributed by atoms with Crippen LogP contribution in [0.1, 0.15) is 18.3 Å². The zero-order valence-electron chi connectivity index (χ0n) is 11.7. The van der Waals surface area contributed by atoms with E-state index in [0.29, 0.717) is 13.0 Å². The molecule has 1 atom stereocenters. The lowest BCUT2D eigenvalue weighted by atomic mass is 10.1.